The van der Waals surface area contributed by atoms with Gasteiger partial charge in [-0.3, -0.25) is 19.2 Å². The molecule has 0 aromatic rings. The number of nitrogens with one attached hydrogen (secondary N) is 1. The molecule has 3 rings (SSSR count). The van der Waals surface area contributed by atoms with Crippen molar-refractivity contribution in [3.05, 3.63) is 0 Å². The molecule has 10 heteroatoms. The summed E-state index contributed by atoms with van der Waals surface area (Å²) in [6.45, 7) is 4.97. The van der Waals surface area contributed by atoms with Crippen LogP contribution < -0.4 is 5.32 Å². The van der Waals surface area contributed by atoms with Crippen LogP contribution in [0.1, 0.15) is 34.1 Å². The fourth-order valence-electron chi connectivity index (χ4n) is 4.09. The largest absolute Gasteiger partial charge is 0.460 e. The number of rotatable bonds is 4. The molecule has 1 aliphatic carbocycles. The van der Waals surface area contributed by atoms with Crippen LogP contribution in [0.4, 0.5) is 0 Å². The second-order valence-corrected chi connectivity index (χ2v) is 6.70. The van der Waals surface area contributed by atoms with E-state index in [1.165, 1.54) is 27.7 Å². The molecule has 0 aromatic carbocycles. The maximum absolute atomic E-state index is 11.9. The quantitative estimate of drug-likeness (QED) is 0.498. The Labute approximate surface area is 149 Å². The highest BCUT2D eigenvalue weighted by atomic mass is 16.8. The Morgan fingerprint density at radius 3 is 1.92 bits per heavy atom. The van der Waals surface area contributed by atoms with E-state index in [9.17, 15) is 19.2 Å². The summed E-state index contributed by atoms with van der Waals surface area (Å²) in [5.74, 6) is -2.17. The minimum Gasteiger partial charge on any atom is -0.460 e. The smallest absolute Gasteiger partial charge is 0.303 e. The standard InChI is InChI=1S/C16H21NO9/c1-6(18)17-16-5-10(22-7(2)19)11-12(13(16)23-8(3)20)26-15(25-11)14(16)24-9(4)21/h10-15H,5H2,1-4H3,(H,17,18)/t10-,11-,12+,13+,14+,15+,16+/m0/s1. The minimum atomic E-state index is -1.34. The maximum Gasteiger partial charge on any atom is 0.303 e. The molecule has 1 amide bonds. The highest BCUT2D eigenvalue weighted by Gasteiger charge is 2.72. The zero-order chi connectivity index (χ0) is 19.2. The number of amides is 1. The number of esters is 3. The first kappa shape index (κ1) is 18.6. The SMILES string of the molecule is CC(=O)N[C@]12C[C@H](OC(C)=O)[C@@H]3O[C@H](O[C@H]3[C@H]1OC(C)=O)[C@H]2OC(C)=O. The topological polar surface area (TPSA) is 126 Å². The Balaban J connectivity index is 2.07. The molecule has 2 heterocycles. The summed E-state index contributed by atoms with van der Waals surface area (Å²) in [6, 6.07) is 0. The third-order valence-electron chi connectivity index (χ3n) is 4.68. The molecule has 0 unspecified atom stereocenters. The van der Waals surface area contributed by atoms with Crippen LogP contribution in [0.15, 0.2) is 0 Å². The Morgan fingerprint density at radius 1 is 0.846 bits per heavy atom. The summed E-state index contributed by atoms with van der Waals surface area (Å²) in [6.07, 6.45) is -5.23. The van der Waals surface area contributed by atoms with E-state index in [1.54, 1.807) is 0 Å². The average molecular weight is 371 g/mol. The normalized spacial score (nSPS) is 39.8. The van der Waals surface area contributed by atoms with E-state index < -0.39 is 66.2 Å². The third-order valence-corrected chi connectivity index (χ3v) is 4.68. The van der Waals surface area contributed by atoms with Gasteiger partial charge >= 0.3 is 17.9 Å². The fraction of sp³-hybridized carbons (Fsp3) is 0.750. The third kappa shape index (κ3) is 3.03. The molecule has 26 heavy (non-hydrogen) atoms. The molecule has 2 aliphatic heterocycles. The maximum atomic E-state index is 11.9. The Kier molecular flexibility index (Phi) is 4.65. The van der Waals surface area contributed by atoms with Gasteiger partial charge < -0.3 is 29.0 Å². The first-order valence-electron chi connectivity index (χ1n) is 8.25. The van der Waals surface area contributed by atoms with Crippen LogP contribution in [0.3, 0.4) is 0 Å². The Hall–Kier alpha value is -2.20. The van der Waals surface area contributed by atoms with Crippen molar-refractivity contribution in [1.29, 1.82) is 0 Å². The van der Waals surface area contributed by atoms with E-state index in [-0.39, 0.29) is 6.42 Å². The highest BCUT2D eigenvalue weighted by Crippen LogP contribution is 2.50. The zero-order valence-electron chi connectivity index (χ0n) is 14.8. The van der Waals surface area contributed by atoms with Crippen LogP contribution >= 0.6 is 0 Å². The molecule has 144 valence electrons. The van der Waals surface area contributed by atoms with Gasteiger partial charge in [-0.1, -0.05) is 0 Å². The molecule has 1 saturated carbocycles. The molecule has 0 aromatic heterocycles. The summed E-state index contributed by atoms with van der Waals surface area (Å²) >= 11 is 0. The molecule has 3 fully saturated rings. The van der Waals surface area contributed by atoms with Crippen LogP contribution in [0.5, 0.6) is 0 Å². The van der Waals surface area contributed by atoms with Crippen LogP contribution in [0.2, 0.25) is 0 Å². The van der Waals surface area contributed by atoms with Gasteiger partial charge in [0.15, 0.2) is 18.5 Å². The predicted octanol–water partition coefficient (Wildman–Crippen LogP) is -0.816. The van der Waals surface area contributed by atoms with Gasteiger partial charge in [0.25, 0.3) is 0 Å². The van der Waals surface area contributed by atoms with Gasteiger partial charge in [-0.2, -0.15) is 0 Å². The second-order valence-electron chi connectivity index (χ2n) is 6.70. The molecule has 3 bridgehead atoms. The molecule has 0 spiro atoms. The van der Waals surface area contributed by atoms with Crippen molar-refractivity contribution in [2.75, 3.05) is 0 Å². The van der Waals surface area contributed by atoms with Gasteiger partial charge in [0.2, 0.25) is 5.91 Å². The number of hydrogen-bond acceptors (Lipinski definition) is 9. The van der Waals surface area contributed by atoms with Crippen molar-refractivity contribution in [3.63, 3.8) is 0 Å². The number of fused-ring (bicyclic) bond motifs is 2. The van der Waals surface area contributed by atoms with Crippen LogP contribution in [0, 0.1) is 0 Å². The lowest BCUT2D eigenvalue weighted by Gasteiger charge is -2.53. The van der Waals surface area contributed by atoms with E-state index in [2.05, 4.69) is 5.32 Å². The van der Waals surface area contributed by atoms with Gasteiger partial charge in [0.1, 0.15) is 23.9 Å². The Bertz CT molecular complexity index is 630. The van der Waals surface area contributed by atoms with Gasteiger partial charge in [-0.05, 0) is 0 Å². The number of ether oxygens (including phenoxy) is 5. The van der Waals surface area contributed by atoms with Gasteiger partial charge in [-0.15, -0.1) is 0 Å². The summed E-state index contributed by atoms with van der Waals surface area (Å²) in [7, 11) is 0. The lowest BCUT2D eigenvalue weighted by atomic mass is 9.70. The Morgan fingerprint density at radius 2 is 1.38 bits per heavy atom. The van der Waals surface area contributed by atoms with Crippen molar-refractivity contribution >= 4 is 23.8 Å². The molecule has 3 aliphatic rings. The van der Waals surface area contributed by atoms with Crippen LogP contribution in [0.25, 0.3) is 0 Å². The summed E-state index contributed by atoms with van der Waals surface area (Å²) in [5.41, 5.74) is -1.34. The van der Waals surface area contributed by atoms with Crippen LogP contribution in [-0.2, 0) is 42.9 Å². The van der Waals surface area contributed by atoms with Gasteiger partial charge in [0.05, 0.1) is 0 Å². The monoisotopic (exact) mass is 371 g/mol. The zero-order valence-corrected chi connectivity index (χ0v) is 14.8. The fourth-order valence-corrected chi connectivity index (χ4v) is 4.09. The summed E-state index contributed by atoms with van der Waals surface area (Å²) in [4.78, 5) is 46.7. The van der Waals surface area contributed by atoms with E-state index in [4.69, 9.17) is 23.7 Å². The van der Waals surface area contributed by atoms with E-state index in [0.717, 1.165) is 0 Å². The van der Waals surface area contributed by atoms with Crippen LogP contribution in [-0.4, -0.2) is 66.2 Å². The first-order chi connectivity index (χ1) is 12.1. The second kappa shape index (κ2) is 6.51. The molecule has 2 saturated heterocycles. The van der Waals surface area contributed by atoms with Crippen molar-refractivity contribution < 1.29 is 42.9 Å². The molecule has 10 nitrogen and oxygen atoms in total. The average Bonchev–Trinajstić information content (AvgIpc) is 2.84. The summed E-state index contributed by atoms with van der Waals surface area (Å²) < 4.78 is 27.7. The van der Waals surface area contributed by atoms with Gasteiger partial charge in [-0.25, -0.2) is 0 Å². The number of hydrogen-bond donors (Lipinski definition) is 1. The van der Waals surface area contributed by atoms with E-state index >= 15 is 0 Å². The highest BCUT2D eigenvalue weighted by molar-refractivity contribution is 5.75. The number of carbonyl (C=O) groups excluding carboxylic acids is 4. The van der Waals surface area contributed by atoms with Crippen molar-refractivity contribution in [2.24, 2.45) is 0 Å². The molecule has 1 N–H and O–H groups in total. The molecular weight excluding hydrogens is 350 g/mol. The van der Waals surface area contributed by atoms with Gasteiger partial charge in [0, 0.05) is 34.1 Å². The minimum absolute atomic E-state index is 0.0447. The van der Waals surface area contributed by atoms with E-state index in [1.807, 2.05) is 0 Å². The van der Waals surface area contributed by atoms with Crippen molar-refractivity contribution in [1.82, 2.24) is 5.32 Å². The molecule has 0 radical (unpaired) electrons. The molecule has 7 atom stereocenters. The summed E-state index contributed by atoms with van der Waals surface area (Å²) in [5, 5.41) is 2.75. The van der Waals surface area contributed by atoms with Crippen molar-refractivity contribution in [3.8, 4) is 0 Å². The van der Waals surface area contributed by atoms with Crippen molar-refractivity contribution in [2.45, 2.75) is 76.5 Å². The molecular formula is C16H21NO9. The lowest BCUT2D eigenvalue weighted by molar-refractivity contribution is -0.246. The lowest BCUT2D eigenvalue weighted by Crippen LogP contribution is -2.77. The number of carbonyl (C=O) groups is 4. The van der Waals surface area contributed by atoms with E-state index in [0.29, 0.717) is 0 Å². The first-order valence-corrected chi connectivity index (χ1v) is 8.25. The predicted molar refractivity (Wildman–Crippen MR) is 81.4 cm³/mol.